The topological polar surface area (TPSA) is 15.3 Å². The van der Waals surface area contributed by atoms with Crippen molar-refractivity contribution in [1.82, 2.24) is 10.2 Å². The van der Waals surface area contributed by atoms with Gasteiger partial charge in [0.2, 0.25) is 0 Å². The Balaban J connectivity index is 2.55. The molecule has 1 aliphatic heterocycles. The molecule has 19 heavy (non-hydrogen) atoms. The molecule has 0 bridgehead atoms. The largest absolute Gasteiger partial charge is 0.314 e. The Morgan fingerprint density at radius 2 is 2.00 bits per heavy atom. The van der Waals surface area contributed by atoms with Crippen LogP contribution in [0.15, 0.2) is 0 Å². The van der Waals surface area contributed by atoms with Gasteiger partial charge >= 0.3 is 0 Å². The number of nitrogens with one attached hydrogen (secondary N) is 1. The summed E-state index contributed by atoms with van der Waals surface area (Å²) in [5.74, 6) is 0. The molecule has 0 spiro atoms. The van der Waals surface area contributed by atoms with E-state index < -0.39 is 0 Å². The van der Waals surface area contributed by atoms with E-state index in [1.807, 2.05) is 0 Å². The van der Waals surface area contributed by atoms with Gasteiger partial charge in [-0.2, -0.15) is 0 Å². The molecule has 1 heterocycles. The number of hydrogen-bond acceptors (Lipinski definition) is 2. The van der Waals surface area contributed by atoms with E-state index in [4.69, 9.17) is 0 Å². The molecule has 1 saturated heterocycles. The average molecular weight is 268 g/mol. The first-order valence-electron chi connectivity index (χ1n) is 8.48. The fraction of sp³-hybridized carbons (Fsp3) is 1.00. The molecule has 1 rings (SSSR count). The van der Waals surface area contributed by atoms with Crippen molar-refractivity contribution in [2.75, 3.05) is 19.6 Å². The molecule has 0 aromatic heterocycles. The van der Waals surface area contributed by atoms with Gasteiger partial charge in [-0.1, -0.05) is 47.5 Å². The van der Waals surface area contributed by atoms with E-state index in [0.29, 0.717) is 11.5 Å². The Labute approximate surface area is 121 Å². The normalized spacial score (nSPS) is 24.6. The number of likely N-dealkylation sites (tertiary alicyclic amines) is 1. The molecule has 0 amide bonds. The molecule has 0 saturated carbocycles. The standard InChI is InChI=1S/C17H36N2/c1-6-10-16-11-8-9-12-19(16)14-17(5,7-2)13-18-15(3)4/h15-16,18H,6-14H2,1-5H3. The fourth-order valence-corrected chi connectivity index (χ4v) is 3.16. The van der Waals surface area contributed by atoms with Crippen LogP contribution in [-0.4, -0.2) is 36.6 Å². The summed E-state index contributed by atoms with van der Waals surface area (Å²) >= 11 is 0. The Kier molecular flexibility index (Phi) is 7.38. The van der Waals surface area contributed by atoms with Crippen LogP contribution in [0.1, 0.15) is 73.1 Å². The predicted octanol–water partition coefficient (Wildman–Crippen LogP) is 4.06. The molecule has 0 aromatic carbocycles. The van der Waals surface area contributed by atoms with E-state index in [1.165, 1.54) is 51.6 Å². The molecule has 2 nitrogen and oxygen atoms in total. The summed E-state index contributed by atoms with van der Waals surface area (Å²) in [5.41, 5.74) is 0.424. The van der Waals surface area contributed by atoms with E-state index >= 15 is 0 Å². The van der Waals surface area contributed by atoms with Gasteiger partial charge in [-0.15, -0.1) is 0 Å². The molecular formula is C17H36N2. The predicted molar refractivity (Wildman–Crippen MR) is 85.7 cm³/mol. The number of rotatable bonds is 8. The zero-order valence-electron chi connectivity index (χ0n) is 14.0. The smallest absolute Gasteiger partial charge is 0.00954 e. The first-order chi connectivity index (χ1) is 9.00. The fourth-order valence-electron chi connectivity index (χ4n) is 3.16. The lowest BCUT2D eigenvalue weighted by Gasteiger charge is -2.42. The molecule has 114 valence electrons. The van der Waals surface area contributed by atoms with Gasteiger partial charge < -0.3 is 5.32 Å². The summed E-state index contributed by atoms with van der Waals surface area (Å²) in [4.78, 5) is 2.79. The second kappa shape index (κ2) is 8.26. The van der Waals surface area contributed by atoms with Gasteiger partial charge in [0.25, 0.3) is 0 Å². The SMILES string of the molecule is CCCC1CCCCN1CC(C)(CC)CNC(C)C. The molecule has 2 atom stereocenters. The summed E-state index contributed by atoms with van der Waals surface area (Å²) in [5, 5.41) is 3.65. The van der Waals surface area contributed by atoms with Gasteiger partial charge in [-0.25, -0.2) is 0 Å². The maximum atomic E-state index is 3.65. The summed E-state index contributed by atoms with van der Waals surface area (Å²) < 4.78 is 0. The highest BCUT2D eigenvalue weighted by Gasteiger charge is 2.30. The highest BCUT2D eigenvalue weighted by Crippen LogP contribution is 2.28. The van der Waals surface area contributed by atoms with Crippen LogP contribution in [0.4, 0.5) is 0 Å². The Morgan fingerprint density at radius 3 is 2.58 bits per heavy atom. The third-order valence-electron chi connectivity index (χ3n) is 4.75. The Bertz CT molecular complexity index is 237. The monoisotopic (exact) mass is 268 g/mol. The Hall–Kier alpha value is -0.0800. The molecule has 2 unspecified atom stereocenters. The van der Waals surface area contributed by atoms with Gasteiger partial charge in [-0.3, -0.25) is 4.90 Å². The average Bonchev–Trinajstić information content (AvgIpc) is 2.39. The number of nitrogens with zero attached hydrogens (tertiary/aromatic N) is 1. The van der Waals surface area contributed by atoms with Crippen LogP contribution in [-0.2, 0) is 0 Å². The van der Waals surface area contributed by atoms with Crippen molar-refractivity contribution in [1.29, 1.82) is 0 Å². The summed E-state index contributed by atoms with van der Waals surface area (Å²) in [6.07, 6.45) is 8.24. The first kappa shape index (κ1) is 17.0. The van der Waals surface area contributed by atoms with Crippen molar-refractivity contribution in [2.24, 2.45) is 5.41 Å². The molecule has 1 fully saturated rings. The van der Waals surface area contributed by atoms with Gasteiger partial charge in [0.15, 0.2) is 0 Å². The van der Waals surface area contributed by atoms with Crippen molar-refractivity contribution in [2.45, 2.75) is 85.2 Å². The zero-order chi connectivity index (χ0) is 14.3. The third-order valence-corrected chi connectivity index (χ3v) is 4.75. The van der Waals surface area contributed by atoms with Crippen LogP contribution in [0.2, 0.25) is 0 Å². The molecule has 2 heteroatoms. The van der Waals surface area contributed by atoms with Crippen molar-refractivity contribution in [3.8, 4) is 0 Å². The summed E-state index contributed by atoms with van der Waals surface area (Å²) in [7, 11) is 0. The maximum Gasteiger partial charge on any atom is 0.00954 e. The van der Waals surface area contributed by atoms with Crippen LogP contribution in [0.3, 0.4) is 0 Å². The van der Waals surface area contributed by atoms with Gasteiger partial charge in [0, 0.05) is 25.2 Å². The van der Waals surface area contributed by atoms with Gasteiger partial charge in [0.1, 0.15) is 0 Å². The maximum absolute atomic E-state index is 3.65. The summed E-state index contributed by atoms with van der Waals surface area (Å²) in [6.45, 7) is 15.4. The molecular weight excluding hydrogens is 232 g/mol. The van der Waals surface area contributed by atoms with Crippen LogP contribution >= 0.6 is 0 Å². The molecule has 0 aromatic rings. The van der Waals surface area contributed by atoms with Crippen LogP contribution in [0.25, 0.3) is 0 Å². The van der Waals surface area contributed by atoms with Crippen molar-refractivity contribution in [3.05, 3.63) is 0 Å². The van der Waals surface area contributed by atoms with Crippen molar-refractivity contribution < 1.29 is 0 Å². The molecule has 1 N–H and O–H groups in total. The van der Waals surface area contributed by atoms with Crippen molar-refractivity contribution in [3.63, 3.8) is 0 Å². The van der Waals surface area contributed by atoms with E-state index in [9.17, 15) is 0 Å². The van der Waals surface area contributed by atoms with E-state index in [1.54, 1.807) is 0 Å². The molecule has 0 aliphatic carbocycles. The minimum atomic E-state index is 0.424. The van der Waals surface area contributed by atoms with Crippen LogP contribution < -0.4 is 5.32 Å². The third kappa shape index (κ3) is 5.83. The Morgan fingerprint density at radius 1 is 1.26 bits per heavy atom. The minimum Gasteiger partial charge on any atom is -0.314 e. The van der Waals surface area contributed by atoms with E-state index in [0.717, 1.165) is 12.6 Å². The number of piperidine rings is 1. The van der Waals surface area contributed by atoms with E-state index in [2.05, 4.69) is 44.8 Å². The lowest BCUT2D eigenvalue weighted by Crippen LogP contribution is -2.48. The van der Waals surface area contributed by atoms with Gasteiger partial charge in [0.05, 0.1) is 0 Å². The molecule has 0 radical (unpaired) electrons. The highest BCUT2D eigenvalue weighted by molar-refractivity contribution is 4.85. The summed E-state index contributed by atoms with van der Waals surface area (Å²) in [6, 6.07) is 1.45. The number of hydrogen-bond donors (Lipinski definition) is 1. The lowest BCUT2D eigenvalue weighted by molar-refractivity contribution is 0.0788. The second-order valence-corrected chi connectivity index (χ2v) is 7.11. The van der Waals surface area contributed by atoms with Crippen LogP contribution in [0, 0.1) is 5.41 Å². The van der Waals surface area contributed by atoms with E-state index in [-0.39, 0.29) is 0 Å². The van der Waals surface area contributed by atoms with Crippen LogP contribution in [0.5, 0.6) is 0 Å². The second-order valence-electron chi connectivity index (χ2n) is 7.11. The van der Waals surface area contributed by atoms with Crippen molar-refractivity contribution >= 4 is 0 Å². The van der Waals surface area contributed by atoms with Gasteiger partial charge in [-0.05, 0) is 37.6 Å². The lowest BCUT2D eigenvalue weighted by atomic mass is 9.84. The molecule has 1 aliphatic rings. The first-order valence-corrected chi connectivity index (χ1v) is 8.48. The highest BCUT2D eigenvalue weighted by atomic mass is 15.2. The quantitative estimate of drug-likeness (QED) is 0.714. The zero-order valence-corrected chi connectivity index (χ0v) is 14.0. The minimum absolute atomic E-state index is 0.424.